The molecule has 0 fully saturated rings. The Morgan fingerprint density at radius 1 is 1.00 bits per heavy atom. The SMILES string of the molecule is [Nb].c1cnnnc1. The van der Waals surface area contributed by atoms with Gasteiger partial charge in [-0.15, -0.1) is 10.2 Å². The van der Waals surface area contributed by atoms with E-state index in [1.165, 1.54) is 0 Å². The third kappa shape index (κ3) is 2.45. The molecule has 0 aromatic carbocycles. The van der Waals surface area contributed by atoms with Crippen LogP contribution in [0.25, 0.3) is 0 Å². The van der Waals surface area contributed by atoms with Crippen molar-refractivity contribution in [1.29, 1.82) is 0 Å². The molecule has 1 heterocycles. The van der Waals surface area contributed by atoms with Gasteiger partial charge in [0.1, 0.15) is 0 Å². The van der Waals surface area contributed by atoms with Crippen molar-refractivity contribution in [3.8, 4) is 0 Å². The van der Waals surface area contributed by atoms with Gasteiger partial charge in [0.25, 0.3) is 0 Å². The normalized spacial score (nSPS) is 6.86. The summed E-state index contributed by atoms with van der Waals surface area (Å²) in [5.41, 5.74) is 0. The van der Waals surface area contributed by atoms with Gasteiger partial charge in [0.05, 0.1) is 12.4 Å². The Balaban J connectivity index is 0.000000360. The second-order valence-corrected chi connectivity index (χ2v) is 0.811. The predicted octanol–water partition coefficient (Wildman–Crippen LogP) is -0.131. The van der Waals surface area contributed by atoms with Gasteiger partial charge in [-0.2, -0.15) is 0 Å². The van der Waals surface area contributed by atoms with E-state index in [2.05, 4.69) is 15.4 Å². The maximum atomic E-state index is 3.42. The maximum Gasteiger partial charge on any atom is 0.0529 e. The van der Waals surface area contributed by atoms with Crippen LogP contribution in [-0.4, -0.2) is 15.4 Å². The summed E-state index contributed by atoms with van der Waals surface area (Å²) < 4.78 is 0. The van der Waals surface area contributed by atoms with Gasteiger partial charge in [-0.1, -0.05) is 0 Å². The summed E-state index contributed by atoms with van der Waals surface area (Å²) in [5, 5.41) is 10.1. The van der Waals surface area contributed by atoms with Crippen LogP contribution in [0.3, 0.4) is 0 Å². The van der Waals surface area contributed by atoms with E-state index in [4.69, 9.17) is 0 Å². The summed E-state index contributed by atoms with van der Waals surface area (Å²) in [7, 11) is 0. The summed E-state index contributed by atoms with van der Waals surface area (Å²) in [5.74, 6) is 0. The summed E-state index contributed by atoms with van der Waals surface area (Å²) in [6, 6.07) is 1.72. The van der Waals surface area contributed by atoms with Crippen molar-refractivity contribution in [2.24, 2.45) is 0 Å². The van der Waals surface area contributed by atoms with Crippen LogP contribution in [-0.2, 0) is 22.4 Å². The van der Waals surface area contributed by atoms with Gasteiger partial charge in [0, 0.05) is 22.4 Å². The quantitative estimate of drug-likeness (QED) is 0.514. The van der Waals surface area contributed by atoms with Gasteiger partial charge >= 0.3 is 0 Å². The molecule has 1 aromatic heterocycles. The zero-order valence-electron chi connectivity index (χ0n) is 3.52. The second kappa shape index (κ2) is 3.92. The number of nitrogens with zero attached hydrogens (tertiary/aromatic N) is 3. The first-order valence-corrected chi connectivity index (χ1v) is 1.58. The Morgan fingerprint density at radius 3 is 1.71 bits per heavy atom. The summed E-state index contributed by atoms with van der Waals surface area (Å²) in [4.78, 5) is 0. The average Bonchev–Trinajstić information content (AvgIpc) is 1.72. The van der Waals surface area contributed by atoms with Crippen molar-refractivity contribution < 1.29 is 22.4 Å². The molecule has 1 radical (unpaired) electrons. The first-order valence-electron chi connectivity index (χ1n) is 1.58. The van der Waals surface area contributed by atoms with E-state index in [0.717, 1.165) is 0 Å². The molecule has 0 N–H and O–H groups in total. The molecule has 0 bridgehead atoms. The van der Waals surface area contributed by atoms with Gasteiger partial charge < -0.3 is 0 Å². The minimum atomic E-state index is 0. The van der Waals surface area contributed by atoms with Gasteiger partial charge in [-0.05, 0) is 11.3 Å². The first-order chi connectivity index (χ1) is 3.00. The fraction of sp³-hybridized carbons (Fsp3) is 0. The van der Waals surface area contributed by atoms with Crippen molar-refractivity contribution in [1.82, 2.24) is 15.4 Å². The Kier molecular flexibility index (Phi) is 3.78. The van der Waals surface area contributed by atoms with E-state index in [1.807, 2.05) is 0 Å². The molecular weight excluding hydrogens is 171 g/mol. The molecule has 0 atom stereocenters. The average molecular weight is 174 g/mol. The molecule has 0 unspecified atom stereocenters. The van der Waals surface area contributed by atoms with Crippen molar-refractivity contribution >= 4 is 0 Å². The van der Waals surface area contributed by atoms with Gasteiger partial charge in [-0.3, -0.25) is 0 Å². The van der Waals surface area contributed by atoms with E-state index in [0.29, 0.717) is 0 Å². The fourth-order valence-electron chi connectivity index (χ4n) is 0.205. The van der Waals surface area contributed by atoms with Crippen LogP contribution in [0.5, 0.6) is 0 Å². The van der Waals surface area contributed by atoms with Crippen molar-refractivity contribution in [2.75, 3.05) is 0 Å². The molecule has 0 amide bonds. The molecule has 35 valence electrons. The van der Waals surface area contributed by atoms with E-state index in [9.17, 15) is 0 Å². The van der Waals surface area contributed by atoms with Crippen LogP contribution in [0.15, 0.2) is 18.5 Å². The van der Waals surface area contributed by atoms with Crippen LogP contribution in [0, 0.1) is 0 Å². The van der Waals surface area contributed by atoms with Crippen molar-refractivity contribution in [3.63, 3.8) is 0 Å². The molecule has 4 heteroatoms. The zero-order valence-corrected chi connectivity index (χ0v) is 5.72. The summed E-state index contributed by atoms with van der Waals surface area (Å²) >= 11 is 0. The minimum Gasteiger partial charge on any atom is -0.139 e. The minimum absolute atomic E-state index is 0. The summed E-state index contributed by atoms with van der Waals surface area (Å²) in [6.07, 6.45) is 3.15. The number of hydrogen-bond acceptors (Lipinski definition) is 3. The molecule has 0 saturated heterocycles. The molecule has 1 rings (SSSR count). The van der Waals surface area contributed by atoms with Crippen molar-refractivity contribution in [2.45, 2.75) is 0 Å². The Hall–Kier alpha value is -0.250. The van der Waals surface area contributed by atoms with Gasteiger partial charge in [0.15, 0.2) is 0 Å². The topological polar surface area (TPSA) is 38.7 Å². The number of rotatable bonds is 0. The maximum absolute atomic E-state index is 3.42. The smallest absolute Gasteiger partial charge is 0.0529 e. The molecule has 0 saturated carbocycles. The van der Waals surface area contributed by atoms with Crippen LogP contribution in [0.4, 0.5) is 0 Å². The van der Waals surface area contributed by atoms with Gasteiger partial charge in [-0.25, -0.2) is 0 Å². The monoisotopic (exact) mass is 174 g/mol. The van der Waals surface area contributed by atoms with E-state index in [1.54, 1.807) is 18.5 Å². The van der Waals surface area contributed by atoms with Crippen LogP contribution < -0.4 is 0 Å². The Morgan fingerprint density at radius 2 is 1.57 bits per heavy atom. The zero-order chi connectivity index (χ0) is 4.24. The molecule has 7 heavy (non-hydrogen) atoms. The molecule has 0 spiro atoms. The van der Waals surface area contributed by atoms with E-state index < -0.39 is 0 Å². The first kappa shape index (κ1) is 6.75. The van der Waals surface area contributed by atoms with Crippen LogP contribution in [0.1, 0.15) is 0 Å². The molecule has 3 nitrogen and oxygen atoms in total. The third-order valence-corrected chi connectivity index (χ3v) is 0.409. The largest absolute Gasteiger partial charge is 0.139 e. The molecular formula is C3H3N3Nb. The van der Waals surface area contributed by atoms with Crippen molar-refractivity contribution in [3.05, 3.63) is 18.5 Å². The van der Waals surface area contributed by atoms with Gasteiger partial charge in [0.2, 0.25) is 0 Å². The number of hydrogen-bond donors (Lipinski definition) is 0. The Bertz CT molecular complexity index is 82.1. The molecule has 0 aliphatic heterocycles. The standard InChI is InChI=1S/C3H3N3.Nb/c1-2-4-6-5-3-1;/h1-3H;. The van der Waals surface area contributed by atoms with Crippen LogP contribution in [0.2, 0.25) is 0 Å². The summed E-state index contributed by atoms with van der Waals surface area (Å²) in [6.45, 7) is 0. The second-order valence-electron chi connectivity index (χ2n) is 0.811. The third-order valence-electron chi connectivity index (χ3n) is 0.409. The molecule has 0 aliphatic carbocycles. The Labute approximate surface area is 56.7 Å². The van der Waals surface area contributed by atoms with E-state index in [-0.39, 0.29) is 22.4 Å². The molecule has 0 aliphatic rings. The van der Waals surface area contributed by atoms with Crippen LogP contribution >= 0.6 is 0 Å². The number of aromatic nitrogens is 3. The fourth-order valence-corrected chi connectivity index (χ4v) is 0.205. The predicted molar refractivity (Wildman–Crippen MR) is 19.8 cm³/mol. The van der Waals surface area contributed by atoms with E-state index >= 15 is 0 Å². The molecule has 1 aromatic rings.